The molecular weight excluding hydrogens is 677 g/mol. The van der Waals surface area contributed by atoms with Gasteiger partial charge in [0.2, 0.25) is 0 Å². The summed E-state index contributed by atoms with van der Waals surface area (Å²) in [7, 11) is 0. The second-order valence-corrected chi connectivity index (χ2v) is 14.8. The van der Waals surface area contributed by atoms with Gasteiger partial charge in [0.1, 0.15) is 0 Å². The topological polar surface area (TPSA) is 6.48 Å². The summed E-state index contributed by atoms with van der Waals surface area (Å²) in [4.78, 5) is 4.70. The molecule has 0 bridgehead atoms. The van der Waals surface area contributed by atoms with Crippen LogP contribution in [0.3, 0.4) is 0 Å². The molecule has 0 aliphatic carbocycles. The van der Waals surface area contributed by atoms with Crippen molar-refractivity contribution in [3.05, 3.63) is 219 Å². The predicted octanol–water partition coefficient (Wildman–Crippen LogP) is 15.6. The number of hydrogen-bond acceptors (Lipinski definition) is 2. The first-order valence-corrected chi connectivity index (χ1v) is 19.9. The summed E-state index contributed by atoms with van der Waals surface area (Å²) < 4.78 is 0. The van der Waals surface area contributed by atoms with Crippen LogP contribution in [0.5, 0.6) is 0 Å². The Bertz CT molecular complexity index is 2200. The molecule has 0 amide bonds. The van der Waals surface area contributed by atoms with Gasteiger partial charge in [-0.15, -0.1) is 26.3 Å². The second kappa shape index (κ2) is 18.3. The van der Waals surface area contributed by atoms with Crippen LogP contribution in [0.25, 0.3) is 21.5 Å². The minimum atomic E-state index is 0.522. The fraction of sp³-hybridized carbons (Fsp3) is 0.148. The molecule has 0 radical (unpaired) electrons. The number of fused-ring (bicyclic) bond motifs is 3. The van der Waals surface area contributed by atoms with E-state index in [9.17, 15) is 0 Å². The first-order valence-electron chi connectivity index (χ1n) is 19.9. The Morgan fingerprint density at radius 1 is 0.357 bits per heavy atom. The lowest BCUT2D eigenvalue weighted by Crippen LogP contribution is -2.10. The molecule has 2 heteroatoms. The highest BCUT2D eigenvalue weighted by atomic mass is 15.1. The van der Waals surface area contributed by atoms with Crippen molar-refractivity contribution >= 4 is 55.7 Å². The van der Waals surface area contributed by atoms with Crippen LogP contribution >= 0.6 is 0 Å². The number of allylic oxidation sites excluding steroid dienone is 4. The van der Waals surface area contributed by atoms with Crippen molar-refractivity contribution in [3.63, 3.8) is 0 Å². The number of rotatable bonds is 18. The highest BCUT2D eigenvalue weighted by molar-refractivity contribution is 6.09. The Kier molecular flexibility index (Phi) is 12.4. The van der Waals surface area contributed by atoms with Gasteiger partial charge in [-0.05, 0) is 156 Å². The Morgan fingerprint density at radius 2 is 0.679 bits per heavy atom. The Balaban J connectivity index is 1.21. The zero-order chi connectivity index (χ0) is 38.7. The fourth-order valence-electron chi connectivity index (χ4n) is 8.07. The zero-order valence-corrected chi connectivity index (χ0v) is 32.4. The van der Waals surface area contributed by atoms with E-state index in [-0.39, 0.29) is 0 Å². The number of nitrogens with zero attached hydrogens (tertiary/aromatic N) is 2. The highest BCUT2D eigenvalue weighted by Gasteiger charge is 2.17. The summed E-state index contributed by atoms with van der Waals surface area (Å²) in [5.41, 5.74) is 9.45. The van der Waals surface area contributed by atoms with Crippen molar-refractivity contribution in [1.29, 1.82) is 0 Å². The van der Waals surface area contributed by atoms with Crippen molar-refractivity contribution in [2.75, 3.05) is 9.80 Å². The first kappa shape index (κ1) is 37.9. The third kappa shape index (κ3) is 8.77. The van der Waals surface area contributed by atoms with E-state index >= 15 is 0 Å². The molecular formula is C54H52N2. The number of anilines is 6. The molecule has 0 saturated heterocycles. The van der Waals surface area contributed by atoms with Gasteiger partial charge in [-0.25, -0.2) is 0 Å². The van der Waals surface area contributed by atoms with Crippen LogP contribution in [-0.4, -0.2) is 0 Å². The Labute approximate surface area is 334 Å². The molecule has 56 heavy (non-hydrogen) atoms. The van der Waals surface area contributed by atoms with E-state index in [4.69, 9.17) is 0 Å². The molecule has 7 aromatic rings. The van der Waals surface area contributed by atoms with Crippen LogP contribution in [0.2, 0.25) is 0 Å². The minimum absolute atomic E-state index is 0.522. The number of hydrogen-bond donors (Lipinski definition) is 0. The smallest absolute Gasteiger partial charge is 0.0468 e. The molecule has 0 atom stereocenters. The normalized spacial score (nSPS) is 11.2. The lowest BCUT2D eigenvalue weighted by molar-refractivity contribution is 0.540. The van der Waals surface area contributed by atoms with E-state index < -0.39 is 0 Å². The maximum absolute atomic E-state index is 3.97. The summed E-state index contributed by atoms with van der Waals surface area (Å²) in [6, 6.07) is 57.6. The molecule has 7 aromatic carbocycles. The van der Waals surface area contributed by atoms with Crippen LogP contribution in [0.1, 0.15) is 36.8 Å². The number of benzene rings is 7. The maximum atomic E-state index is 3.97. The molecule has 0 N–H and O–H groups in total. The number of para-hydroxylation sites is 2. The van der Waals surface area contributed by atoms with Crippen LogP contribution in [0, 0.1) is 11.8 Å². The van der Waals surface area contributed by atoms with Crippen LogP contribution in [0.4, 0.5) is 34.1 Å². The van der Waals surface area contributed by atoms with Gasteiger partial charge in [0.05, 0.1) is 0 Å². The van der Waals surface area contributed by atoms with Gasteiger partial charge in [-0.1, -0.05) is 109 Å². The van der Waals surface area contributed by atoms with Crippen LogP contribution in [0.15, 0.2) is 208 Å². The van der Waals surface area contributed by atoms with Crippen LogP contribution < -0.4 is 9.80 Å². The maximum Gasteiger partial charge on any atom is 0.0468 e. The zero-order valence-electron chi connectivity index (χ0n) is 32.4. The minimum Gasteiger partial charge on any atom is -0.310 e. The molecule has 0 heterocycles. The van der Waals surface area contributed by atoms with Gasteiger partial charge in [0.15, 0.2) is 0 Å². The summed E-state index contributed by atoms with van der Waals surface area (Å²) in [5, 5.41) is 4.89. The quantitative estimate of drug-likeness (QED) is 0.0641. The largest absolute Gasteiger partial charge is 0.310 e. The first-order chi connectivity index (χ1) is 27.6. The van der Waals surface area contributed by atoms with Gasteiger partial charge in [-0.3, -0.25) is 0 Å². The van der Waals surface area contributed by atoms with E-state index in [1.54, 1.807) is 0 Å². The van der Waals surface area contributed by atoms with Gasteiger partial charge in [0, 0.05) is 34.1 Å². The van der Waals surface area contributed by atoms with E-state index in [1.165, 1.54) is 32.7 Å². The van der Waals surface area contributed by atoms with Gasteiger partial charge in [-0.2, -0.15) is 0 Å². The molecule has 7 rings (SSSR count). The highest BCUT2D eigenvalue weighted by Crippen LogP contribution is 2.40. The van der Waals surface area contributed by atoms with Crippen molar-refractivity contribution in [2.24, 2.45) is 11.8 Å². The predicted molar refractivity (Wildman–Crippen MR) is 244 cm³/mol. The Hall–Kier alpha value is -6.38. The molecule has 0 spiro atoms. The Morgan fingerprint density at radius 3 is 1.02 bits per heavy atom. The molecule has 0 aliphatic rings. The third-order valence-electron chi connectivity index (χ3n) is 10.8. The summed E-state index contributed by atoms with van der Waals surface area (Å²) in [6.07, 6.45) is 14.1. The molecule has 0 fully saturated rings. The van der Waals surface area contributed by atoms with Crippen LogP contribution in [-0.2, 0) is 12.8 Å². The van der Waals surface area contributed by atoms with E-state index in [0.29, 0.717) is 11.8 Å². The van der Waals surface area contributed by atoms with Crippen molar-refractivity contribution in [1.82, 2.24) is 0 Å². The fourth-order valence-corrected chi connectivity index (χ4v) is 8.07. The van der Waals surface area contributed by atoms with Gasteiger partial charge < -0.3 is 9.80 Å². The molecule has 2 nitrogen and oxygen atoms in total. The average Bonchev–Trinajstić information content (AvgIpc) is 3.23. The van der Waals surface area contributed by atoms with E-state index in [0.717, 1.165) is 72.6 Å². The molecule has 0 saturated carbocycles. The monoisotopic (exact) mass is 728 g/mol. The molecule has 0 aliphatic heterocycles. The summed E-state index contributed by atoms with van der Waals surface area (Å²) in [5.74, 6) is 1.04. The molecule has 0 unspecified atom stereocenters. The van der Waals surface area contributed by atoms with Crippen molar-refractivity contribution in [2.45, 2.75) is 38.5 Å². The molecule has 278 valence electrons. The van der Waals surface area contributed by atoms with Crippen molar-refractivity contribution in [3.8, 4) is 0 Å². The summed E-state index contributed by atoms with van der Waals surface area (Å²) >= 11 is 0. The lowest BCUT2D eigenvalue weighted by atomic mass is 9.93. The second-order valence-electron chi connectivity index (χ2n) is 14.8. The standard InChI is InChI=1S/C54H52N2/c1-5-15-41(16-6-2)37-43-23-29-49(30-24-43)55(47-19-11-9-12-20-47)51-33-35-53-45(39-51)27-28-46-40-52(34-36-54(46)53)56(48-21-13-10-14-22-48)50-31-25-44(26-32-50)38-42(17-7-3)18-8-4/h5-14,19-36,39-42H,1-4,15-18,37-38H2. The third-order valence-corrected chi connectivity index (χ3v) is 10.8. The summed E-state index contributed by atoms with van der Waals surface area (Å²) in [6.45, 7) is 15.9. The van der Waals surface area contributed by atoms with Gasteiger partial charge in [0.25, 0.3) is 0 Å². The average molecular weight is 729 g/mol. The lowest BCUT2D eigenvalue weighted by Gasteiger charge is -2.27. The van der Waals surface area contributed by atoms with Crippen molar-refractivity contribution < 1.29 is 0 Å². The van der Waals surface area contributed by atoms with E-state index in [1.807, 2.05) is 24.3 Å². The van der Waals surface area contributed by atoms with Gasteiger partial charge >= 0.3 is 0 Å². The van der Waals surface area contributed by atoms with E-state index in [2.05, 4.69) is 194 Å². The molecule has 0 aromatic heterocycles. The SMILES string of the molecule is C=CCC(CC=C)Cc1ccc(N(c2ccccc2)c2ccc3c(ccc4cc(N(c5ccccc5)c5ccc(CC(CC=C)CC=C)cc5)ccc43)c2)cc1.